The second kappa shape index (κ2) is 12.3. The molecule has 250 valence electrons. The normalized spacial score (nSPS) is 13.8. The first kappa shape index (κ1) is 23.5. The van der Waals surface area contributed by atoms with E-state index in [0.29, 0.717) is 22.3 Å². The molecule has 0 atom stereocenters. The van der Waals surface area contributed by atoms with Crippen molar-refractivity contribution >= 4 is 64.6 Å². The third-order valence-corrected chi connectivity index (χ3v) is 10.8. The maximum atomic E-state index is 9.48. The van der Waals surface area contributed by atoms with Gasteiger partial charge in [0.1, 0.15) is 0 Å². The summed E-state index contributed by atoms with van der Waals surface area (Å²) in [6.07, 6.45) is 0. The van der Waals surface area contributed by atoms with Crippen molar-refractivity contribution in [3.8, 4) is 44.5 Å². The van der Waals surface area contributed by atoms with Gasteiger partial charge in [0.15, 0.2) is 0 Å². The summed E-state index contributed by atoms with van der Waals surface area (Å²) < 4.78 is 73.5. The van der Waals surface area contributed by atoms with E-state index in [9.17, 15) is 5.48 Å². The van der Waals surface area contributed by atoms with Crippen LogP contribution in [0.2, 0.25) is 0 Å². The highest BCUT2D eigenvalue weighted by Crippen LogP contribution is 2.45. The average molecular weight is 691 g/mol. The highest BCUT2D eigenvalue weighted by Gasteiger charge is 2.18. The molecule has 0 aliphatic heterocycles. The summed E-state index contributed by atoms with van der Waals surface area (Å²) in [5.74, 6) is 0. The molecule has 11 aromatic carbocycles. The topological polar surface area (TPSA) is 0 Å². The molecule has 0 heteroatoms. The van der Waals surface area contributed by atoms with Crippen molar-refractivity contribution in [1.82, 2.24) is 0 Å². The van der Waals surface area contributed by atoms with E-state index < -0.39 is 24.2 Å². The number of hydrogen-bond donors (Lipinski definition) is 0. The van der Waals surface area contributed by atoms with E-state index in [0.717, 1.165) is 65.3 Å². The minimum atomic E-state index is -0.426. The molecule has 11 aromatic rings. The maximum Gasteiger partial charge on any atom is 0.0629 e. The molecule has 0 aliphatic rings. The minimum absolute atomic E-state index is 0.189. The summed E-state index contributed by atoms with van der Waals surface area (Å²) in [6.45, 7) is 0. The Labute approximate surface area is 325 Å². The molecule has 54 heavy (non-hydrogen) atoms. The Bertz CT molecular complexity index is 3640. The Morgan fingerprint density at radius 2 is 0.796 bits per heavy atom. The largest absolute Gasteiger partial charge is 0.0629 e. The smallest absolute Gasteiger partial charge is 0.0616 e. The first-order valence-corrected chi connectivity index (χ1v) is 18.1. The lowest BCUT2D eigenvalue weighted by Gasteiger charge is -2.19. The fraction of sp³-hybridized carbons (Fsp3) is 0. The van der Waals surface area contributed by atoms with Gasteiger partial charge in [-0.3, -0.25) is 0 Å². The molecular formula is C54H34. The fourth-order valence-corrected chi connectivity index (χ4v) is 8.36. The van der Waals surface area contributed by atoms with Crippen molar-refractivity contribution < 1.29 is 11.0 Å². The molecule has 0 unspecified atom stereocenters. The number of benzene rings is 11. The molecule has 0 radical (unpaired) electrons. The minimum Gasteiger partial charge on any atom is -0.0616 e. The molecule has 0 fully saturated rings. The first-order chi connectivity index (χ1) is 30.1. The monoisotopic (exact) mass is 690 g/mol. The van der Waals surface area contributed by atoms with E-state index >= 15 is 0 Å². The predicted molar refractivity (Wildman–Crippen MR) is 233 cm³/mol. The van der Waals surface area contributed by atoms with Gasteiger partial charge in [0.05, 0.1) is 11.0 Å². The summed E-state index contributed by atoms with van der Waals surface area (Å²) in [5, 5.41) is 9.64. The lowest BCUT2D eigenvalue weighted by atomic mass is 9.84. The number of rotatable bonds is 4. The molecule has 0 heterocycles. The Hall–Kier alpha value is -7.02. The molecular weight excluding hydrogens is 649 g/mol. The zero-order valence-corrected chi connectivity index (χ0v) is 29.0. The second-order valence-electron chi connectivity index (χ2n) is 13.8. The van der Waals surface area contributed by atoms with Crippen LogP contribution in [0.25, 0.3) is 109 Å². The summed E-state index contributed by atoms with van der Waals surface area (Å²) in [5.41, 5.74) is 5.52. The molecule has 0 saturated carbocycles. The second-order valence-corrected chi connectivity index (χ2v) is 13.8. The fourth-order valence-electron chi connectivity index (χ4n) is 8.36. The summed E-state index contributed by atoms with van der Waals surface area (Å²) in [6, 6.07) is 50.0. The van der Waals surface area contributed by atoms with Gasteiger partial charge in [-0.1, -0.05) is 188 Å². The highest BCUT2D eigenvalue weighted by molar-refractivity contribution is 6.24. The van der Waals surface area contributed by atoms with Crippen LogP contribution in [0.5, 0.6) is 0 Å². The standard InChI is InChI=1S/C54H34/c1-2-14-39-32-40(30-26-35(39)12-1)36-24-28-38(29-25-36)52-47-20-7-9-22-49(47)54(50-23-10-8-21-48(50)52)42-16-11-15-41(33-42)51-34-43-31-27-37-13-3-4-17-44(37)53(43)46-19-6-5-18-45(46)51/h1-34H/i7D,8D,9D,10D,20D,21D,22D,23D. The van der Waals surface area contributed by atoms with E-state index in [1.807, 2.05) is 78.9 Å². The molecule has 0 nitrogen and oxygen atoms in total. The Morgan fingerprint density at radius 1 is 0.278 bits per heavy atom. The van der Waals surface area contributed by atoms with Crippen molar-refractivity contribution in [2.75, 3.05) is 0 Å². The van der Waals surface area contributed by atoms with Crippen molar-refractivity contribution in [1.29, 1.82) is 0 Å². The van der Waals surface area contributed by atoms with Gasteiger partial charge in [-0.25, -0.2) is 0 Å². The van der Waals surface area contributed by atoms with Gasteiger partial charge >= 0.3 is 0 Å². The van der Waals surface area contributed by atoms with Crippen LogP contribution in [0.4, 0.5) is 0 Å². The lowest BCUT2D eigenvalue weighted by Crippen LogP contribution is -1.92. The quantitative estimate of drug-likeness (QED) is 0.127. The van der Waals surface area contributed by atoms with E-state index in [2.05, 4.69) is 78.9 Å². The Kier molecular flexibility index (Phi) is 5.36. The van der Waals surface area contributed by atoms with E-state index in [4.69, 9.17) is 5.48 Å². The summed E-state index contributed by atoms with van der Waals surface area (Å²) in [7, 11) is 0. The van der Waals surface area contributed by atoms with E-state index in [-0.39, 0.29) is 45.7 Å². The molecule has 0 aliphatic carbocycles. The van der Waals surface area contributed by atoms with Crippen LogP contribution >= 0.6 is 0 Å². The van der Waals surface area contributed by atoms with Crippen LogP contribution in [0.1, 0.15) is 11.0 Å². The molecule has 0 amide bonds. The third kappa shape index (κ3) is 4.85. The SMILES string of the molecule is [2H]c1c([2H])c([2H])c2c(-c3cccc(-c4cc5ccc6ccccc6c5c5ccccc45)c3)c3c([2H])c([2H])c([2H])c([2H])c3c(-c3ccc(-c4ccc5ccccc5c4)cc3)c2c1[2H]. The van der Waals surface area contributed by atoms with Gasteiger partial charge in [-0.05, 0) is 127 Å². The Morgan fingerprint density at radius 3 is 1.52 bits per heavy atom. The summed E-state index contributed by atoms with van der Waals surface area (Å²) >= 11 is 0. The summed E-state index contributed by atoms with van der Waals surface area (Å²) in [4.78, 5) is 0. The highest BCUT2D eigenvalue weighted by atomic mass is 14.2. The predicted octanol–water partition coefficient (Wildman–Crippen LogP) is 15.3. The molecule has 0 spiro atoms. The van der Waals surface area contributed by atoms with Gasteiger partial charge < -0.3 is 0 Å². The number of fused-ring (bicyclic) bond motifs is 8. The van der Waals surface area contributed by atoms with Crippen LogP contribution in [-0.4, -0.2) is 0 Å². The van der Waals surface area contributed by atoms with E-state index in [1.54, 1.807) is 0 Å². The van der Waals surface area contributed by atoms with Gasteiger partial charge in [0, 0.05) is 0 Å². The molecule has 11 rings (SSSR count). The van der Waals surface area contributed by atoms with Gasteiger partial charge in [0.25, 0.3) is 0 Å². The molecule has 0 aromatic heterocycles. The van der Waals surface area contributed by atoms with Gasteiger partial charge in [-0.2, -0.15) is 0 Å². The zero-order valence-electron chi connectivity index (χ0n) is 37.0. The van der Waals surface area contributed by atoms with Crippen LogP contribution < -0.4 is 0 Å². The molecule has 0 saturated heterocycles. The molecule has 0 N–H and O–H groups in total. The van der Waals surface area contributed by atoms with E-state index in [1.165, 1.54) is 0 Å². The van der Waals surface area contributed by atoms with Crippen LogP contribution in [0.3, 0.4) is 0 Å². The van der Waals surface area contributed by atoms with Gasteiger partial charge in [0.2, 0.25) is 0 Å². The van der Waals surface area contributed by atoms with Crippen molar-refractivity contribution in [3.63, 3.8) is 0 Å². The average Bonchev–Trinajstić information content (AvgIpc) is 3.32. The maximum absolute atomic E-state index is 9.48. The van der Waals surface area contributed by atoms with Crippen LogP contribution in [-0.2, 0) is 0 Å². The van der Waals surface area contributed by atoms with Crippen molar-refractivity contribution in [3.05, 3.63) is 206 Å². The molecule has 0 bridgehead atoms. The van der Waals surface area contributed by atoms with Crippen molar-refractivity contribution in [2.45, 2.75) is 0 Å². The number of hydrogen-bond acceptors (Lipinski definition) is 0. The zero-order chi connectivity index (χ0) is 42.6. The van der Waals surface area contributed by atoms with Crippen molar-refractivity contribution in [2.24, 2.45) is 0 Å². The first-order valence-electron chi connectivity index (χ1n) is 22.1. The Balaban J connectivity index is 1.21. The lowest BCUT2D eigenvalue weighted by molar-refractivity contribution is 1.62. The third-order valence-electron chi connectivity index (χ3n) is 10.8. The van der Waals surface area contributed by atoms with Crippen LogP contribution in [0, 0.1) is 0 Å². The van der Waals surface area contributed by atoms with Gasteiger partial charge in [-0.15, -0.1) is 0 Å². The van der Waals surface area contributed by atoms with Crippen LogP contribution in [0.15, 0.2) is 206 Å².